The van der Waals surface area contributed by atoms with Crippen LogP contribution in [0.25, 0.3) is 10.8 Å². The number of ether oxygens (including phenoxy) is 2. The van der Waals surface area contributed by atoms with E-state index >= 15 is 0 Å². The Hall–Kier alpha value is -3.54. The summed E-state index contributed by atoms with van der Waals surface area (Å²) in [5, 5.41) is 6.19. The molecule has 3 heterocycles. The highest BCUT2D eigenvalue weighted by Crippen LogP contribution is 2.54. The second kappa shape index (κ2) is 6.25. The Labute approximate surface area is 187 Å². The van der Waals surface area contributed by atoms with E-state index in [2.05, 4.69) is 12.1 Å². The number of carbonyl (C=O) groups excluding carboxylic acids is 2. The van der Waals surface area contributed by atoms with E-state index in [1.165, 1.54) is 0 Å². The number of benzene rings is 3. The number of ketones is 2. The molecular formula is C27H16O4S. The van der Waals surface area contributed by atoms with Gasteiger partial charge >= 0.3 is 0 Å². The van der Waals surface area contributed by atoms with Crippen LogP contribution in [0.5, 0.6) is 0 Å². The highest BCUT2D eigenvalue weighted by molar-refractivity contribution is 7.08. The SMILES string of the molecule is O=C1C2=C(C(=O)c3ccccc31)C1OC(c3ccsc3)(Cc3c1ccc1ccccc31)O2. The van der Waals surface area contributed by atoms with Gasteiger partial charge in [-0.25, -0.2) is 0 Å². The van der Waals surface area contributed by atoms with Gasteiger partial charge in [0.2, 0.25) is 11.6 Å². The van der Waals surface area contributed by atoms with E-state index in [9.17, 15) is 9.59 Å². The highest BCUT2D eigenvalue weighted by atomic mass is 32.1. The Morgan fingerprint density at radius 3 is 2.47 bits per heavy atom. The van der Waals surface area contributed by atoms with Crippen LogP contribution in [0, 0.1) is 0 Å². The van der Waals surface area contributed by atoms with Gasteiger partial charge in [-0.2, -0.15) is 11.3 Å². The highest BCUT2D eigenvalue weighted by Gasteiger charge is 2.54. The molecule has 0 N–H and O–H groups in total. The zero-order valence-electron chi connectivity index (χ0n) is 16.8. The number of thiophene rings is 1. The van der Waals surface area contributed by atoms with Crippen LogP contribution in [0.15, 0.2) is 88.8 Å². The molecule has 0 amide bonds. The van der Waals surface area contributed by atoms with Crippen LogP contribution in [0.2, 0.25) is 0 Å². The van der Waals surface area contributed by atoms with Gasteiger partial charge < -0.3 is 9.47 Å². The number of carbonyl (C=O) groups is 2. The Kier molecular flexibility index (Phi) is 3.53. The van der Waals surface area contributed by atoms with Crippen LogP contribution in [0.4, 0.5) is 0 Å². The Bertz CT molecular complexity index is 1500. The fraction of sp³-hybridized carbons (Fsp3) is 0.111. The van der Waals surface area contributed by atoms with Gasteiger partial charge in [0.1, 0.15) is 6.10 Å². The van der Waals surface area contributed by atoms with Gasteiger partial charge in [0.15, 0.2) is 11.5 Å². The average Bonchev–Trinajstić information content (AvgIpc) is 3.38. The van der Waals surface area contributed by atoms with Gasteiger partial charge in [0.25, 0.3) is 0 Å². The predicted octanol–water partition coefficient (Wildman–Crippen LogP) is 5.73. The van der Waals surface area contributed by atoms with Crippen molar-refractivity contribution < 1.29 is 19.1 Å². The molecule has 7 rings (SSSR count). The summed E-state index contributed by atoms with van der Waals surface area (Å²) in [6.45, 7) is 0. The van der Waals surface area contributed by atoms with Crippen molar-refractivity contribution in [3.63, 3.8) is 0 Å². The summed E-state index contributed by atoms with van der Waals surface area (Å²) in [4.78, 5) is 27.1. The Morgan fingerprint density at radius 1 is 0.875 bits per heavy atom. The minimum absolute atomic E-state index is 0.120. The largest absolute Gasteiger partial charge is 0.453 e. The van der Waals surface area contributed by atoms with Crippen LogP contribution in [-0.2, 0) is 21.7 Å². The lowest BCUT2D eigenvalue weighted by Gasteiger charge is -2.47. The average molecular weight is 436 g/mol. The number of hydrogen-bond acceptors (Lipinski definition) is 5. The van der Waals surface area contributed by atoms with E-state index in [-0.39, 0.29) is 17.3 Å². The first-order valence-corrected chi connectivity index (χ1v) is 11.4. The van der Waals surface area contributed by atoms with Crippen LogP contribution < -0.4 is 0 Å². The quantitative estimate of drug-likeness (QED) is 0.382. The number of allylic oxidation sites excluding steroid dienone is 1. The summed E-state index contributed by atoms with van der Waals surface area (Å²) in [5.41, 5.74) is 3.96. The molecule has 4 aromatic rings. The molecule has 1 aliphatic carbocycles. The standard InChI is InChI=1S/C27H16O4S/c28-23-18-7-3-4-8-19(18)24(29)26-22(23)25-20-10-9-15-5-1-2-6-17(15)21(20)13-27(30-25,31-26)16-11-12-32-14-16/h1-12,14,25H,13H2. The van der Waals surface area contributed by atoms with Crippen molar-refractivity contribution in [1.82, 2.24) is 0 Å². The molecule has 3 aromatic carbocycles. The van der Waals surface area contributed by atoms with Gasteiger partial charge in [-0.05, 0) is 33.3 Å². The first-order valence-electron chi connectivity index (χ1n) is 10.5. The molecule has 0 fully saturated rings. The van der Waals surface area contributed by atoms with Crippen molar-refractivity contribution >= 4 is 33.7 Å². The minimum Gasteiger partial charge on any atom is -0.453 e. The third-order valence-electron chi connectivity index (χ3n) is 6.68. The van der Waals surface area contributed by atoms with Crippen molar-refractivity contribution in [1.29, 1.82) is 0 Å². The second-order valence-corrected chi connectivity index (χ2v) is 9.12. The molecule has 32 heavy (non-hydrogen) atoms. The first kappa shape index (κ1) is 18.1. The zero-order valence-corrected chi connectivity index (χ0v) is 17.6. The van der Waals surface area contributed by atoms with Crippen LogP contribution in [0.3, 0.4) is 0 Å². The van der Waals surface area contributed by atoms with Crippen LogP contribution in [-0.4, -0.2) is 11.6 Å². The molecule has 0 spiro atoms. The second-order valence-electron chi connectivity index (χ2n) is 8.34. The number of hydrogen-bond donors (Lipinski definition) is 0. The van der Waals surface area contributed by atoms with Gasteiger partial charge in [-0.15, -0.1) is 0 Å². The van der Waals surface area contributed by atoms with Crippen molar-refractivity contribution in [3.8, 4) is 0 Å². The third-order valence-corrected chi connectivity index (χ3v) is 7.36. The number of fused-ring (bicyclic) bond motifs is 8. The zero-order chi connectivity index (χ0) is 21.4. The molecule has 3 aliphatic rings. The van der Waals surface area contributed by atoms with E-state index in [0.717, 1.165) is 27.5 Å². The fourth-order valence-electron chi connectivity index (χ4n) is 5.19. The van der Waals surface area contributed by atoms with Crippen molar-refractivity contribution in [2.45, 2.75) is 18.3 Å². The van der Waals surface area contributed by atoms with E-state index < -0.39 is 11.9 Å². The van der Waals surface area contributed by atoms with Crippen molar-refractivity contribution in [3.05, 3.63) is 117 Å². The number of Topliss-reactive ketones (excluding diaryl/α,β-unsaturated/α-hetero) is 2. The smallest absolute Gasteiger partial charge is 0.243 e. The van der Waals surface area contributed by atoms with E-state index in [1.807, 2.05) is 41.1 Å². The summed E-state index contributed by atoms with van der Waals surface area (Å²) in [5.74, 6) is -1.49. The summed E-state index contributed by atoms with van der Waals surface area (Å²) in [6, 6.07) is 21.2. The van der Waals surface area contributed by atoms with E-state index in [4.69, 9.17) is 9.47 Å². The third kappa shape index (κ3) is 2.24. The Morgan fingerprint density at radius 2 is 1.66 bits per heavy atom. The summed E-state index contributed by atoms with van der Waals surface area (Å²) < 4.78 is 13.0. The molecule has 4 nitrogen and oxygen atoms in total. The van der Waals surface area contributed by atoms with Crippen molar-refractivity contribution in [2.75, 3.05) is 0 Å². The summed E-state index contributed by atoms with van der Waals surface area (Å²) in [7, 11) is 0. The topological polar surface area (TPSA) is 52.6 Å². The molecular weight excluding hydrogens is 420 g/mol. The normalized spacial score (nSPS) is 23.4. The maximum Gasteiger partial charge on any atom is 0.243 e. The summed E-state index contributed by atoms with van der Waals surface area (Å²) in [6.07, 6.45) is -0.214. The molecule has 0 saturated carbocycles. The lowest BCUT2D eigenvalue weighted by molar-refractivity contribution is -0.263. The minimum atomic E-state index is -1.15. The monoisotopic (exact) mass is 436 g/mol. The molecule has 0 radical (unpaired) electrons. The first-order chi connectivity index (χ1) is 15.7. The molecule has 0 saturated heterocycles. The molecule has 2 atom stereocenters. The Balaban J connectivity index is 1.54. The molecule has 2 aliphatic heterocycles. The molecule has 1 aromatic heterocycles. The van der Waals surface area contributed by atoms with Crippen LogP contribution >= 0.6 is 11.3 Å². The van der Waals surface area contributed by atoms with E-state index in [1.54, 1.807) is 35.6 Å². The van der Waals surface area contributed by atoms with Gasteiger partial charge in [-0.3, -0.25) is 9.59 Å². The van der Waals surface area contributed by atoms with Gasteiger partial charge in [0.05, 0.1) is 5.57 Å². The van der Waals surface area contributed by atoms with E-state index in [0.29, 0.717) is 23.1 Å². The predicted molar refractivity (Wildman–Crippen MR) is 121 cm³/mol. The lowest BCUT2D eigenvalue weighted by Crippen LogP contribution is -2.47. The molecule has 154 valence electrons. The van der Waals surface area contributed by atoms with Gasteiger partial charge in [0, 0.05) is 28.5 Å². The van der Waals surface area contributed by atoms with Crippen molar-refractivity contribution in [2.24, 2.45) is 0 Å². The fourth-order valence-corrected chi connectivity index (χ4v) is 5.89. The number of rotatable bonds is 1. The van der Waals surface area contributed by atoms with Crippen LogP contribution in [0.1, 0.15) is 43.5 Å². The summed E-state index contributed by atoms with van der Waals surface area (Å²) >= 11 is 1.55. The molecule has 2 unspecified atom stereocenters. The maximum absolute atomic E-state index is 13.6. The maximum atomic E-state index is 13.6. The van der Waals surface area contributed by atoms with Gasteiger partial charge in [-0.1, -0.05) is 60.7 Å². The molecule has 5 heteroatoms. The lowest BCUT2D eigenvalue weighted by atomic mass is 9.77. The molecule has 2 bridgehead atoms.